The molecule has 22 heavy (non-hydrogen) atoms. The Bertz CT molecular complexity index is 784. The van der Waals surface area contributed by atoms with Crippen molar-refractivity contribution in [3.63, 3.8) is 0 Å². The van der Waals surface area contributed by atoms with Crippen molar-refractivity contribution >= 4 is 32.0 Å². The molecule has 2 aromatic rings. The number of nitrogens with one attached hydrogen (secondary N) is 1. The summed E-state index contributed by atoms with van der Waals surface area (Å²) in [5.41, 5.74) is 1.39. The van der Waals surface area contributed by atoms with Crippen molar-refractivity contribution in [3.8, 4) is 0 Å². The van der Waals surface area contributed by atoms with Crippen LogP contribution in [0.3, 0.4) is 0 Å². The number of anilines is 1. The fraction of sp³-hybridized carbons (Fsp3) is 0.231. The topological polar surface area (TPSA) is 92.6 Å². The molecule has 0 spiro atoms. The molecule has 0 fully saturated rings. The minimum absolute atomic E-state index is 0.0859. The highest BCUT2D eigenvalue weighted by atomic mass is 32.2. The monoisotopic (exact) mass is 341 g/mol. The van der Waals surface area contributed by atoms with Crippen molar-refractivity contribution in [1.82, 2.24) is 4.90 Å². The van der Waals surface area contributed by atoms with Gasteiger partial charge in [-0.05, 0) is 49.2 Å². The van der Waals surface area contributed by atoms with Crippen LogP contribution in [0.15, 0.2) is 40.6 Å². The van der Waals surface area contributed by atoms with Gasteiger partial charge < -0.3 is 4.90 Å². The maximum atomic E-state index is 12.2. The first-order valence-corrected chi connectivity index (χ1v) is 8.58. The quantitative estimate of drug-likeness (QED) is 0.644. The first-order valence-electron chi connectivity index (χ1n) is 6.28. The second kappa shape index (κ2) is 6.42. The molecular formula is C13H15N3O4S2. The van der Waals surface area contributed by atoms with Gasteiger partial charge in [-0.2, -0.15) is 0 Å². The van der Waals surface area contributed by atoms with Crippen molar-refractivity contribution in [2.24, 2.45) is 0 Å². The second-order valence-corrected chi connectivity index (χ2v) is 7.86. The Balaban J connectivity index is 2.22. The van der Waals surface area contributed by atoms with E-state index in [2.05, 4.69) is 4.72 Å². The molecule has 0 bridgehead atoms. The highest BCUT2D eigenvalue weighted by Gasteiger charge is 2.21. The van der Waals surface area contributed by atoms with Gasteiger partial charge in [0, 0.05) is 18.3 Å². The molecule has 0 saturated heterocycles. The number of hydrogen-bond acceptors (Lipinski definition) is 6. The summed E-state index contributed by atoms with van der Waals surface area (Å²) in [5, 5.41) is 10.4. The van der Waals surface area contributed by atoms with E-state index in [1.54, 1.807) is 18.2 Å². The van der Waals surface area contributed by atoms with Crippen LogP contribution in [0.2, 0.25) is 0 Å². The third-order valence-electron chi connectivity index (χ3n) is 2.69. The Morgan fingerprint density at radius 3 is 2.59 bits per heavy atom. The first kappa shape index (κ1) is 16.4. The molecule has 7 nitrogen and oxygen atoms in total. The average Bonchev–Trinajstić information content (AvgIpc) is 2.88. The number of thiophene rings is 1. The SMILES string of the molecule is CN(C)Cc1cccc(NS(=O)(=O)c2ccc([N+](=O)[O-])s2)c1. The summed E-state index contributed by atoms with van der Waals surface area (Å²) in [5.74, 6) is 0. The summed E-state index contributed by atoms with van der Waals surface area (Å²) < 4.78 is 26.8. The Morgan fingerprint density at radius 1 is 1.27 bits per heavy atom. The number of nitrogens with zero attached hydrogens (tertiary/aromatic N) is 2. The Kier molecular flexibility index (Phi) is 4.79. The molecule has 1 aromatic heterocycles. The molecule has 118 valence electrons. The van der Waals surface area contributed by atoms with Crippen LogP contribution in [-0.2, 0) is 16.6 Å². The van der Waals surface area contributed by atoms with Gasteiger partial charge in [0.05, 0.1) is 4.92 Å². The van der Waals surface area contributed by atoms with Crippen molar-refractivity contribution in [1.29, 1.82) is 0 Å². The van der Waals surface area contributed by atoms with Crippen molar-refractivity contribution in [2.75, 3.05) is 18.8 Å². The fourth-order valence-electron chi connectivity index (χ4n) is 1.86. The molecular weight excluding hydrogens is 326 g/mol. The fourth-order valence-corrected chi connectivity index (χ4v) is 4.01. The Hall–Kier alpha value is -1.97. The lowest BCUT2D eigenvalue weighted by Gasteiger charge is -2.11. The summed E-state index contributed by atoms with van der Waals surface area (Å²) in [6.45, 7) is 0.681. The number of rotatable bonds is 6. The van der Waals surface area contributed by atoms with Gasteiger partial charge in [0.1, 0.15) is 4.21 Å². The van der Waals surface area contributed by atoms with E-state index in [1.807, 2.05) is 25.1 Å². The average molecular weight is 341 g/mol. The van der Waals surface area contributed by atoms with E-state index >= 15 is 0 Å². The van der Waals surface area contributed by atoms with Crippen LogP contribution in [0, 0.1) is 10.1 Å². The molecule has 2 rings (SSSR count). The standard InChI is InChI=1S/C13H15N3O4S2/c1-15(2)9-10-4-3-5-11(8-10)14-22(19,20)13-7-6-12(21-13)16(17)18/h3-8,14H,9H2,1-2H3. The number of sulfonamides is 1. The van der Waals surface area contributed by atoms with E-state index in [0.29, 0.717) is 23.6 Å². The van der Waals surface area contributed by atoms with Crippen molar-refractivity contribution in [2.45, 2.75) is 10.8 Å². The highest BCUT2D eigenvalue weighted by Crippen LogP contribution is 2.29. The lowest BCUT2D eigenvalue weighted by atomic mass is 10.2. The molecule has 0 aliphatic carbocycles. The van der Waals surface area contributed by atoms with Gasteiger partial charge in [-0.1, -0.05) is 12.1 Å². The Labute approximate surface area is 132 Å². The summed E-state index contributed by atoms with van der Waals surface area (Å²) in [6.07, 6.45) is 0. The van der Waals surface area contributed by atoms with Gasteiger partial charge >= 0.3 is 5.00 Å². The number of nitro groups is 1. The molecule has 0 saturated carbocycles. The maximum absolute atomic E-state index is 12.2. The van der Waals surface area contributed by atoms with Gasteiger partial charge in [0.2, 0.25) is 0 Å². The third kappa shape index (κ3) is 4.03. The zero-order valence-electron chi connectivity index (χ0n) is 12.0. The smallest absolute Gasteiger partial charge is 0.305 e. The second-order valence-electron chi connectivity index (χ2n) is 4.89. The minimum Gasteiger partial charge on any atom is -0.305 e. The maximum Gasteiger partial charge on any atom is 0.325 e. The van der Waals surface area contributed by atoms with E-state index in [-0.39, 0.29) is 9.21 Å². The van der Waals surface area contributed by atoms with Gasteiger partial charge in [0.25, 0.3) is 10.0 Å². The predicted octanol–water partition coefficient (Wildman–Crippen LogP) is 2.52. The van der Waals surface area contributed by atoms with E-state index in [9.17, 15) is 18.5 Å². The van der Waals surface area contributed by atoms with Crippen LogP contribution in [0.25, 0.3) is 0 Å². The van der Waals surface area contributed by atoms with E-state index in [1.165, 1.54) is 12.1 Å². The number of benzene rings is 1. The van der Waals surface area contributed by atoms with Crippen LogP contribution in [0.1, 0.15) is 5.56 Å². The molecule has 0 aliphatic rings. The molecule has 0 aliphatic heterocycles. The van der Waals surface area contributed by atoms with Gasteiger partial charge in [0.15, 0.2) is 0 Å². The number of hydrogen-bond donors (Lipinski definition) is 1. The molecule has 0 unspecified atom stereocenters. The third-order valence-corrected chi connectivity index (χ3v) is 5.60. The summed E-state index contributed by atoms with van der Waals surface area (Å²) >= 11 is 0.624. The van der Waals surface area contributed by atoms with Crippen LogP contribution in [0.4, 0.5) is 10.7 Å². The van der Waals surface area contributed by atoms with Gasteiger partial charge in [-0.15, -0.1) is 0 Å². The predicted molar refractivity (Wildman–Crippen MR) is 85.6 cm³/mol. The zero-order valence-corrected chi connectivity index (χ0v) is 13.6. The van der Waals surface area contributed by atoms with E-state index < -0.39 is 14.9 Å². The summed E-state index contributed by atoms with van der Waals surface area (Å²) in [6, 6.07) is 9.44. The lowest BCUT2D eigenvalue weighted by molar-refractivity contribution is -0.380. The Morgan fingerprint density at radius 2 is 2.00 bits per heavy atom. The van der Waals surface area contributed by atoms with Gasteiger partial charge in [-0.25, -0.2) is 8.42 Å². The van der Waals surface area contributed by atoms with Crippen LogP contribution in [-0.4, -0.2) is 32.3 Å². The zero-order chi connectivity index (χ0) is 16.3. The normalized spacial score (nSPS) is 11.6. The highest BCUT2D eigenvalue weighted by molar-refractivity contribution is 7.94. The van der Waals surface area contributed by atoms with E-state index in [0.717, 1.165) is 5.56 Å². The molecule has 1 aromatic carbocycles. The van der Waals surface area contributed by atoms with Crippen LogP contribution in [0.5, 0.6) is 0 Å². The first-order chi connectivity index (χ1) is 10.3. The van der Waals surface area contributed by atoms with Crippen LogP contribution < -0.4 is 4.72 Å². The molecule has 1 heterocycles. The largest absolute Gasteiger partial charge is 0.325 e. The minimum atomic E-state index is -3.82. The van der Waals surface area contributed by atoms with Gasteiger partial charge in [-0.3, -0.25) is 14.8 Å². The lowest BCUT2D eigenvalue weighted by Crippen LogP contribution is -2.13. The van der Waals surface area contributed by atoms with E-state index in [4.69, 9.17) is 0 Å². The molecule has 0 radical (unpaired) electrons. The molecule has 1 N–H and O–H groups in total. The molecule has 0 atom stereocenters. The summed E-state index contributed by atoms with van der Waals surface area (Å²) in [7, 11) is 0.0158. The van der Waals surface area contributed by atoms with Crippen molar-refractivity contribution in [3.05, 3.63) is 52.1 Å². The molecule has 0 amide bonds. The van der Waals surface area contributed by atoms with Crippen molar-refractivity contribution < 1.29 is 13.3 Å². The molecule has 9 heteroatoms. The van der Waals surface area contributed by atoms with Crippen LogP contribution >= 0.6 is 11.3 Å². The summed E-state index contributed by atoms with van der Waals surface area (Å²) in [4.78, 5) is 12.0.